The van der Waals surface area contributed by atoms with Crippen LogP contribution >= 0.6 is 0 Å². The van der Waals surface area contributed by atoms with Crippen LogP contribution in [0.4, 0.5) is 0 Å². The number of hydrogen-bond donors (Lipinski definition) is 1. The van der Waals surface area contributed by atoms with Crippen molar-refractivity contribution < 1.29 is 0 Å². The number of nitrogens with zero attached hydrogens (tertiary/aromatic N) is 5. The van der Waals surface area contributed by atoms with Gasteiger partial charge in [0.05, 0.1) is 6.04 Å². The summed E-state index contributed by atoms with van der Waals surface area (Å²) >= 11 is 0. The molecule has 7 heteroatoms. The first-order valence-electron chi connectivity index (χ1n) is 12.8. The van der Waals surface area contributed by atoms with Crippen molar-refractivity contribution in [1.82, 2.24) is 30.1 Å². The molecule has 0 fully saturated rings. The second kappa shape index (κ2) is 11.3. The quantitative estimate of drug-likeness (QED) is 0.289. The van der Waals surface area contributed by atoms with Gasteiger partial charge in [-0.3, -0.25) is 9.69 Å². The molecule has 188 valence electrons. The van der Waals surface area contributed by atoms with Gasteiger partial charge in [-0.25, -0.2) is 4.68 Å². The molecule has 7 nitrogen and oxygen atoms in total. The number of aromatic amines is 1. The molecule has 0 radical (unpaired) electrons. The van der Waals surface area contributed by atoms with E-state index in [2.05, 4.69) is 81.7 Å². The van der Waals surface area contributed by atoms with E-state index in [-0.39, 0.29) is 11.6 Å². The van der Waals surface area contributed by atoms with Crippen molar-refractivity contribution in [3.8, 4) is 0 Å². The van der Waals surface area contributed by atoms with Gasteiger partial charge >= 0.3 is 0 Å². The molecule has 5 rings (SSSR count). The number of aryl methyl sites for hydroxylation is 3. The number of pyridine rings is 1. The molecule has 0 bridgehead atoms. The van der Waals surface area contributed by atoms with Crippen LogP contribution in [0.25, 0.3) is 10.9 Å². The fourth-order valence-corrected chi connectivity index (χ4v) is 4.89. The van der Waals surface area contributed by atoms with Gasteiger partial charge < -0.3 is 4.98 Å². The summed E-state index contributed by atoms with van der Waals surface area (Å²) < 4.78 is 1.91. The zero-order valence-electron chi connectivity index (χ0n) is 21.3. The Hall–Kier alpha value is -4.10. The zero-order valence-corrected chi connectivity index (χ0v) is 21.3. The monoisotopic (exact) mass is 492 g/mol. The standard InChI is InChI=1S/C30H32N6O/c1-3-28(29-32-33-34-36(29)17-16-23-10-6-4-7-11-23)35(20-24-12-8-5-9-13-24)21-26-19-25-18-22(2)14-15-27(25)31-30(26)37/h4-15,18-19,28H,3,16-17,20-21H2,1-2H3,(H,31,37). The van der Waals surface area contributed by atoms with E-state index in [1.807, 2.05) is 47.1 Å². The number of benzene rings is 3. The molecule has 1 N–H and O–H groups in total. The van der Waals surface area contributed by atoms with E-state index >= 15 is 0 Å². The molecule has 5 aromatic rings. The number of nitrogens with one attached hydrogen (secondary N) is 1. The maximum Gasteiger partial charge on any atom is 0.252 e. The van der Waals surface area contributed by atoms with Gasteiger partial charge in [0.25, 0.3) is 5.56 Å². The average Bonchev–Trinajstić information content (AvgIpc) is 3.38. The molecule has 2 heterocycles. The highest BCUT2D eigenvalue weighted by Gasteiger charge is 2.26. The second-order valence-corrected chi connectivity index (χ2v) is 9.52. The van der Waals surface area contributed by atoms with Crippen molar-refractivity contribution in [2.45, 2.75) is 52.4 Å². The predicted molar refractivity (Wildman–Crippen MR) is 146 cm³/mol. The summed E-state index contributed by atoms with van der Waals surface area (Å²) in [6, 6.07) is 28.8. The molecule has 3 aromatic carbocycles. The lowest BCUT2D eigenvalue weighted by Gasteiger charge is -2.30. The zero-order chi connectivity index (χ0) is 25.6. The highest BCUT2D eigenvalue weighted by molar-refractivity contribution is 5.79. The van der Waals surface area contributed by atoms with Crippen LogP contribution in [0.5, 0.6) is 0 Å². The van der Waals surface area contributed by atoms with E-state index < -0.39 is 0 Å². The van der Waals surface area contributed by atoms with E-state index in [0.29, 0.717) is 19.6 Å². The molecule has 1 atom stereocenters. The van der Waals surface area contributed by atoms with Crippen molar-refractivity contribution in [3.63, 3.8) is 0 Å². The number of tetrazole rings is 1. The maximum absolute atomic E-state index is 13.1. The van der Waals surface area contributed by atoms with Gasteiger partial charge in [-0.2, -0.15) is 0 Å². The third kappa shape index (κ3) is 5.84. The molecule has 0 saturated heterocycles. The molecule has 0 amide bonds. The number of hydrogen-bond acceptors (Lipinski definition) is 5. The Morgan fingerprint density at radius 3 is 2.38 bits per heavy atom. The highest BCUT2D eigenvalue weighted by atomic mass is 16.1. The van der Waals surface area contributed by atoms with Gasteiger partial charge in [-0.15, -0.1) is 5.10 Å². The summed E-state index contributed by atoms with van der Waals surface area (Å²) in [4.78, 5) is 18.5. The molecule has 0 aliphatic rings. The van der Waals surface area contributed by atoms with Crippen LogP contribution in [0.2, 0.25) is 0 Å². The first-order valence-corrected chi connectivity index (χ1v) is 12.8. The lowest BCUT2D eigenvalue weighted by atomic mass is 10.1. The molecule has 0 aliphatic heterocycles. The molecule has 0 saturated carbocycles. The fraction of sp³-hybridized carbons (Fsp3) is 0.267. The Balaban J connectivity index is 1.47. The maximum atomic E-state index is 13.1. The number of H-pyrrole nitrogens is 1. The van der Waals surface area contributed by atoms with Gasteiger partial charge in [0.1, 0.15) is 0 Å². The summed E-state index contributed by atoms with van der Waals surface area (Å²) in [5.74, 6) is 0.822. The highest BCUT2D eigenvalue weighted by Crippen LogP contribution is 2.27. The van der Waals surface area contributed by atoms with E-state index in [1.54, 1.807) is 0 Å². The lowest BCUT2D eigenvalue weighted by Crippen LogP contribution is -2.32. The van der Waals surface area contributed by atoms with E-state index in [1.165, 1.54) is 11.1 Å². The Labute approximate surface area is 216 Å². The third-order valence-electron chi connectivity index (χ3n) is 6.82. The molecular formula is C30H32N6O. The first-order chi connectivity index (χ1) is 18.1. The van der Waals surface area contributed by atoms with Gasteiger partial charge in [0.2, 0.25) is 0 Å². The van der Waals surface area contributed by atoms with Crippen molar-refractivity contribution in [2.75, 3.05) is 0 Å². The van der Waals surface area contributed by atoms with Gasteiger partial charge in [0.15, 0.2) is 5.82 Å². The van der Waals surface area contributed by atoms with Crippen LogP contribution in [0, 0.1) is 6.92 Å². The Morgan fingerprint density at radius 2 is 1.65 bits per heavy atom. The van der Waals surface area contributed by atoms with E-state index in [4.69, 9.17) is 0 Å². The van der Waals surface area contributed by atoms with E-state index in [0.717, 1.165) is 40.7 Å². The topological polar surface area (TPSA) is 79.7 Å². The molecule has 37 heavy (non-hydrogen) atoms. The summed E-state index contributed by atoms with van der Waals surface area (Å²) in [5.41, 5.74) is 5.11. The molecule has 0 aliphatic carbocycles. The van der Waals surface area contributed by atoms with Crippen molar-refractivity contribution in [2.24, 2.45) is 0 Å². The Kier molecular flexibility index (Phi) is 7.51. The average molecular weight is 493 g/mol. The van der Waals surface area contributed by atoms with Crippen LogP contribution in [0.15, 0.2) is 89.7 Å². The van der Waals surface area contributed by atoms with Crippen LogP contribution in [0.3, 0.4) is 0 Å². The number of aromatic nitrogens is 5. The summed E-state index contributed by atoms with van der Waals surface area (Å²) in [6.45, 7) is 6.06. The second-order valence-electron chi connectivity index (χ2n) is 9.52. The molecular weight excluding hydrogens is 460 g/mol. The number of fused-ring (bicyclic) bond motifs is 1. The van der Waals surface area contributed by atoms with Crippen LogP contribution < -0.4 is 5.56 Å². The van der Waals surface area contributed by atoms with Crippen LogP contribution in [-0.2, 0) is 26.1 Å². The van der Waals surface area contributed by atoms with Crippen molar-refractivity contribution in [3.05, 3.63) is 123 Å². The lowest BCUT2D eigenvalue weighted by molar-refractivity contribution is 0.160. The largest absolute Gasteiger partial charge is 0.322 e. The fourth-order valence-electron chi connectivity index (χ4n) is 4.89. The van der Waals surface area contributed by atoms with Crippen molar-refractivity contribution in [1.29, 1.82) is 0 Å². The SMILES string of the molecule is CCC(c1nnnn1CCc1ccccc1)N(Cc1ccccc1)Cc1cc2cc(C)ccc2[nH]c1=O. The first kappa shape index (κ1) is 24.6. The summed E-state index contributed by atoms with van der Waals surface area (Å²) in [5, 5.41) is 13.9. The summed E-state index contributed by atoms with van der Waals surface area (Å²) in [7, 11) is 0. The normalized spacial score (nSPS) is 12.3. The van der Waals surface area contributed by atoms with E-state index in [9.17, 15) is 4.79 Å². The van der Waals surface area contributed by atoms with Crippen LogP contribution in [-0.4, -0.2) is 30.1 Å². The minimum Gasteiger partial charge on any atom is -0.322 e. The number of rotatable bonds is 10. The molecule has 0 spiro atoms. The molecule has 1 unspecified atom stereocenters. The smallest absolute Gasteiger partial charge is 0.252 e. The van der Waals surface area contributed by atoms with Crippen molar-refractivity contribution >= 4 is 10.9 Å². The minimum atomic E-state index is -0.0621. The Morgan fingerprint density at radius 1 is 0.919 bits per heavy atom. The third-order valence-corrected chi connectivity index (χ3v) is 6.82. The Bertz CT molecular complexity index is 1510. The van der Waals surface area contributed by atoms with Gasteiger partial charge in [0, 0.05) is 30.7 Å². The summed E-state index contributed by atoms with van der Waals surface area (Å²) in [6.07, 6.45) is 1.65. The predicted octanol–water partition coefficient (Wildman–Crippen LogP) is 5.22. The molecule has 2 aromatic heterocycles. The van der Waals surface area contributed by atoms with Gasteiger partial charge in [-0.05, 0) is 64.9 Å². The van der Waals surface area contributed by atoms with Crippen LogP contribution in [0.1, 0.15) is 47.5 Å². The minimum absolute atomic E-state index is 0.0569. The van der Waals surface area contributed by atoms with Gasteiger partial charge in [-0.1, -0.05) is 79.2 Å².